The van der Waals surface area contributed by atoms with Gasteiger partial charge in [-0.15, -0.1) is 5.10 Å². The van der Waals surface area contributed by atoms with Crippen LogP contribution in [0, 0.1) is 0 Å². The molecule has 1 fully saturated rings. The summed E-state index contributed by atoms with van der Waals surface area (Å²) in [6.07, 6.45) is -0.547. The van der Waals surface area contributed by atoms with E-state index in [2.05, 4.69) is 25.8 Å². The minimum Gasteiger partial charge on any atom is -0.347 e. The van der Waals surface area contributed by atoms with Crippen LogP contribution in [0.15, 0.2) is 0 Å². The van der Waals surface area contributed by atoms with Crippen molar-refractivity contribution in [2.24, 2.45) is 0 Å². The van der Waals surface area contributed by atoms with Crippen LogP contribution < -0.4 is 10.6 Å². The molecule has 0 atom stereocenters. The molecule has 8 heteroatoms. The van der Waals surface area contributed by atoms with Crippen LogP contribution in [0.1, 0.15) is 23.5 Å². The Morgan fingerprint density at radius 1 is 1.56 bits per heavy atom. The highest BCUT2D eigenvalue weighted by Crippen LogP contribution is 2.18. The van der Waals surface area contributed by atoms with Crippen molar-refractivity contribution in [1.29, 1.82) is 0 Å². The lowest BCUT2D eigenvalue weighted by Gasteiger charge is -1.99. The van der Waals surface area contributed by atoms with Crippen molar-refractivity contribution >= 4 is 11.9 Å². The Kier molecular flexibility index (Phi) is 2.97. The molecule has 0 radical (unpaired) electrons. The van der Waals surface area contributed by atoms with Gasteiger partial charge in [-0.05, 0) is 12.8 Å². The van der Waals surface area contributed by atoms with Gasteiger partial charge in [-0.1, -0.05) is 0 Å². The first-order valence-corrected chi connectivity index (χ1v) is 4.90. The number of rotatable bonds is 5. The van der Waals surface area contributed by atoms with Crippen LogP contribution in [0.25, 0.3) is 0 Å². The maximum absolute atomic E-state index is 11.9. The number of nitrogens with zero attached hydrogens (tertiary/aromatic N) is 2. The zero-order valence-corrected chi connectivity index (χ0v) is 8.33. The summed E-state index contributed by atoms with van der Waals surface area (Å²) in [5.41, 5.74) is 0. The van der Waals surface area contributed by atoms with Crippen LogP contribution in [0.3, 0.4) is 0 Å². The highest BCUT2D eigenvalue weighted by Gasteiger charge is 2.25. The Labute approximate surface area is 89.8 Å². The van der Waals surface area contributed by atoms with Crippen molar-refractivity contribution in [2.45, 2.75) is 25.3 Å². The fourth-order valence-corrected chi connectivity index (χ4v) is 1.09. The van der Waals surface area contributed by atoms with Gasteiger partial charge in [0.15, 0.2) is 0 Å². The maximum atomic E-state index is 11.9. The predicted molar refractivity (Wildman–Crippen MR) is 51.4 cm³/mol. The topological polar surface area (TPSA) is 82.7 Å². The van der Waals surface area contributed by atoms with Crippen molar-refractivity contribution in [3.63, 3.8) is 0 Å². The first-order valence-electron chi connectivity index (χ1n) is 4.90. The Morgan fingerprint density at radius 3 is 2.94 bits per heavy atom. The Bertz CT molecular complexity index is 376. The number of carbonyl (C=O) groups is 1. The van der Waals surface area contributed by atoms with E-state index in [1.165, 1.54) is 0 Å². The zero-order valence-electron chi connectivity index (χ0n) is 8.33. The number of nitrogens with one attached hydrogen (secondary N) is 3. The molecule has 88 valence electrons. The molecule has 0 unspecified atom stereocenters. The third kappa shape index (κ3) is 2.88. The molecule has 1 aliphatic carbocycles. The molecule has 1 amide bonds. The molecule has 1 aromatic rings. The maximum Gasteiger partial charge on any atom is 0.288 e. The summed E-state index contributed by atoms with van der Waals surface area (Å²) in [4.78, 5) is 15.2. The lowest BCUT2D eigenvalue weighted by Crippen LogP contribution is -2.26. The van der Waals surface area contributed by atoms with E-state index < -0.39 is 13.0 Å². The van der Waals surface area contributed by atoms with Gasteiger partial charge in [0.25, 0.3) is 12.3 Å². The molecule has 1 saturated carbocycles. The number of H-pyrrole nitrogens is 1. The summed E-state index contributed by atoms with van der Waals surface area (Å²) >= 11 is 0. The second kappa shape index (κ2) is 4.42. The van der Waals surface area contributed by atoms with Crippen LogP contribution in [0.4, 0.5) is 14.7 Å². The third-order valence-corrected chi connectivity index (χ3v) is 2.03. The first kappa shape index (κ1) is 10.8. The third-order valence-electron chi connectivity index (χ3n) is 2.03. The molecular weight excluding hydrogens is 220 g/mol. The molecule has 0 aromatic carbocycles. The Morgan fingerprint density at radius 2 is 2.31 bits per heavy atom. The molecule has 2 rings (SSSR count). The summed E-state index contributed by atoms with van der Waals surface area (Å²) in [5.74, 6) is -0.329. The molecule has 16 heavy (non-hydrogen) atoms. The zero-order chi connectivity index (χ0) is 11.5. The number of halogens is 2. The van der Waals surface area contributed by atoms with Crippen LogP contribution in [-0.2, 0) is 0 Å². The quantitative estimate of drug-likeness (QED) is 0.684. The SMILES string of the molecule is O=C(NC1CC1)c1nc(NCC(F)F)n[nH]1. The first-order chi connectivity index (χ1) is 7.65. The fraction of sp³-hybridized carbons (Fsp3) is 0.625. The number of amides is 1. The smallest absolute Gasteiger partial charge is 0.288 e. The minimum atomic E-state index is -2.48. The van der Waals surface area contributed by atoms with E-state index in [-0.39, 0.29) is 23.7 Å². The number of alkyl halides is 2. The number of carbonyl (C=O) groups excluding carboxylic acids is 1. The number of aromatic nitrogens is 3. The molecule has 3 N–H and O–H groups in total. The standard InChI is InChI=1S/C8H11F2N5O/c9-5(10)3-11-8-13-6(14-15-8)7(16)12-4-1-2-4/h4-5H,1-3H2,(H,12,16)(H2,11,13,14,15). The second-order valence-electron chi connectivity index (χ2n) is 3.53. The average Bonchev–Trinajstić information content (AvgIpc) is 2.92. The summed E-state index contributed by atoms with van der Waals surface area (Å²) < 4.78 is 23.7. The van der Waals surface area contributed by atoms with E-state index in [0.717, 1.165) is 12.8 Å². The lowest BCUT2D eigenvalue weighted by atomic mass is 10.5. The van der Waals surface area contributed by atoms with Gasteiger partial charge in [0.2, 0.25) is 11.8 Å². The number of anilines is 1. The van der Waals surface area contributed by atoms with Crippen LogP contribution in [0.5, 0.6) is 0 Å². The molecule has 0 bridgehead atoms. The van der Waals surface area contributed by atoms with Gasteiger partial charge in [0.05, 0.1) is 6.54 Å². The molecular formula is C8H11F2N5O. The van der Waals surface area contributed by atoms with Crippen LogP contribution in [0.2, 0.25) is 0 Å². The Hall–Kier alpha value is -1.73. The van der Waals surface area contributed by atoms with E-state index in [4.69, 9.17) is 0 Å². The molecule has 6 nitrogen and oxygen atoms in total. The number of hydrogen-bond acceptors (Lipinski definition) is 4. The average molecular weight is 231 g/mol. The van der Waals surface area contributed by atoms with E-state index in [9.17, 15) is 13.6 Å². The normalized spacial score (nSPS) is 15.2. The van der Waals surface area contributed by atoms with Crippen LogP contribution in [-0.4, -0.2) is 40.1 Å². The van der Waals surface area contributed by atoms with Gasteiger partial charge < -0.3 is 10.6 Å². The van der Waals surface area contributed by atoms with Crippen molar-refractivity contribution in [3.8, 4) is 0 Å². The number of aromatic amines is 1. The van der Waals surface area contributed by atoms with Crippen molar-refractivity contribution in [1.82, 2.24) is 20.5 Å². The van der Waals surface area contributed by atoms with Gasteiger partial charge in [0.1, 0.15) is 0 Å². The Balaban J connectivity index is 1.87. The lowest BCUT2D eigenvalue weighted by molar-refractivity contribution is 0.0941. The van der Waals surface area contributed by atoms with Gasteiger partial charge in [-0.2, -0.15) is 4.98 Å². The van der Waals surface area contributed by atoms with Gasteiger partial charge >= 0.3 is 0 Å². The molecule has 0 spiro atoms. The van der Waals surface area contributed by atoms with Gasteiger partial charge in [0, 0.05) is 6.04 Å². The number of hydrogen-bond donors (Lipinski definition) is 3. The highest BCUT2D eigenvalue weighted by atomic mass is 19.3. The summed E-state index contributed by atoms with van der Waals surface area (Å²) in [7, 11) is 0. The van der Waals surface area contributed by atoms with Crippen molar-refractivity contribution in [2.75, 3.05) is 11.9 Å². The largest absolute Gasteiger partial charge is 0.347 e. The van der Waals surface area contributed by atoms with E-state index in [0.29, 0.717) is 0 Å². The summed E-state index contributed by atoms with van der Waals surface area (Å²) in [6, 6.07) is 0.218. The van der Waals surface area contributed by atoms with Gasteiger partial charge in [-0.25, -0.2) is 8.78 Å². The molecule has 1 heterocycles. The van der Waals surface area contributed by atoms with E-state index in [1.807, 2.05) is 0 Å². The minimum absolute atomic E-state index is 0.00115. The van der Waals surface area contributed by atoms with E-state index in [1.54, 1.807) is 0 Å². The summed E-state index contributed by atoms with van der Waals surface area (Å²) in [5, 5.41) is 11.0. The molecule has 1 aromatic heterocycles. The molecule has 0 aliphatic heterocycles. The highest BCUT2D eigenvalue weighted by molar-refractivity contribution is 5.91. The van der Waals surface area contributed by atoms with Crippen molar-refractivity contribution in [3.05, 3.63) is 5.82 Å². The molecule has 1 aliphatic rings. The summed E-state index contributed by atoms with van der Waals surface area (Å²) in [6.45, 7) is -0.540. The van der Waals surface area contributed by atoms with Crippen LogP contribution >= 0.6 is 0 Å². The van der Waals surface area contributed by atoms with Gasteiger partial charge in [-0.3, -0.25) is 9.89 Å². The predicted octanol–water partition coefficient (Wildman–Crippen LogP) is 0.374. The monoisotopic (exact) mass is 231 g/mol. The molecule has 0 saturated heterocycles. The second-order valence-corrected chi connectivity index (χ2v) is 3.53. The van der Waals surface area contributed by atoms with Crippen molar-refractivity contribution < 1.29 is 13.6 Å². The van der Waals surface area contributed by atoms with E-state index >= 15 is 0 Å². The fourth-order valence-electron chi connectivity index (χ4n) is 1.09.